The Morgan fingerprint density at radius 3 is 2.60 bits per heavy atom. The van der Waals surface area contributed by atoms with Crippen molar-refractivity contribution in [1.82, 2.24) is 4.98 Å². The third kappa shape index (κ3) is 4.02. The molecule has 3 rings (SSSR count). The minimum absolute atomic E-state index is 0.117. The summed E-state index contributed by atoms with van der Waals surface area (Å²) >= 11 is 0. The summed E-state index contributed by atoms with van der Waals surface area (Å²) in [4.78, 5) is 17.2. The monoisotopic (exact) mass is 420 g/mol. The van der Waals surface area contributed by atoms with Gasteiger partial charge in [0.05, 0.1) is 29.3 Å². The molecule has 1 saturated heterocycles. The lowest BCUT2D eigenvalue weighted by Gasteiger charge is -2.25. The number of aromatic hydroxyl groups is 1. The molecule has 1 aliphatic rings. The molecule has 2 heterocycles. The Morgan fingerprint density at radius 2 is 2.00 bits per heavy atom. The van der Waals surface area contributed by atoms with Gasteiger partial charge in [0.2, 0.25) is 5.82 Å². The highest BCUT2D eigenvalue weighted by Crippen LogP contribution is 2.49. The van der Waals surface area contributed by atoms with Crippen molar-refractivity contribution in [3.63, 3.8) is 0 Å². The average molecular weight is 420 g/mol. The summed E-state index contributed by atoms with van der Waals surface area (Å²) in [5.41, 5.74) is 0.275. The van der Waals surface area contributed by atoms with E-state index in [4.69, 9.17) is 4.74 Å². The number of anilines is 1. The lowest BCUT2D eigenvalue weighted by Crippen LogP contribution is -2.33. The second-order valence-corrected chi connectivity index (χ2v) is 8.14. The number of ether oxygens (including phenoxy) is 1. The normalized spacial score (nSPS) is 23.9. The van der Waals surface area contributed by atoms with E-state index in [0.29, 0.717) is 17.8 Å². The molecule has 162 valence electrons. The van der Waals surface area contributed by atoms with Gasteiger partial charge in [0.15, 0.2) is 11.6 Å². The maximum absolute atomic E-state index is 14.0. The van der Waals surface area contributed by atoms with E-state index >= 15 is 0 Å². The highest BCUT2D eigenvalue weighted by Gasteiger charge is 2.51. The fraction of sp³-hybridized carbons (Fsp3) is 0.455. The van der Waals surface area contributed by atoms with E-state index in [1.54, 1.807) is 26.0 Å². The number of carbonyl (C=O) groups excluding carboxylic acids is 1. The molecule has 1 aromatic carbocycles. The summed E-state index contributed by atoms with van der Waals surface area (Å²) in [5.74, 6) is -4.78. The van der Waals surface area contributed by atoms with E-state index in [1.807, 2.05) is 13.8 Å². The van der Waals surface area contributed by atoms with Gasteiger partial charge in [0.25, 0.3) is 5.91 Å². The second-order valence-electron chi connectivity index (χ2n) is 8.14. The Labute approximate surface area is 173 Å². The standard InChI is InChI=1S/C22H26F2N2O4/c1-5-16(27)15-9-6-12(10-25-15)26-21(29)20-17(11(2)22(3,4)30-20)13-7-8-14(23)18(24)19(13)28/h6-11,16-17,20,27-28H,5H2,1-4H3,(H,26,29)/t11-,16-,17-,20+/m0/s1. The molecular weight excluding hydrogens is 394 g/mol. The molecule has 4 atom stereocenters. The van der Waals surface area contributed by atoms with Gasteiger partial charge in [-0.2, -0.15) is 4.39 Å². The van der Waals surface area contributed by atoms with Crippen LogP contribution in [0.3, 0.4) is 0 Å². The number of halogens is 2. The van der Waals surface area contributed by atoms with Gasteiger partial charge in [-0.3, -0.25) is 9.78 Å². The number of pyridine rings is 1. The van der Waals surface area contributed by atoms with E-state index in [-0.39, 0.29) is 11.5 Å². The second kappa shape index (κ2) is 8.28. The number of nitrogens with one attached hydrogen (secondary N) is 1. The molecule has 1 aromatic heterocycles. The number of benzene rings is 1. The van der Waals surface area contributed by atoms with E-state index < -0.39 is 47.0 Å². The van der Waals surface area contributed by atoms with E-state index in [0.717, 1.165) is 6.07 Å². The number of phenolic OH excluding ortho intramolecular Hbond substituents is 1. The molecule has 8 heteroatoms. The predicted molar refractivity (Wildman–Crippen MR) is 107 cm³/mol. The van der Waals surface area contributed by atoms with Crippen LogP contribution in [-0.2, 0) is 9.53 Å². The average Bonchev–Trinajstić information content (AvgIpc) is 2.96. The fourth-order valence-corrected chi connectivity index (χ4v) is 3.77. The summed E-state index contributed by atoms with van der Waals surface area (Å²) in [7, 11) is 0. The summed E-state index contributed by atoms with van der Waals surface area (Å²) in [6, 6.07) is 5.44. The summed E-state index contributed by atoms with van der Waals surface area (Å²) in [6.45, 7) is 7.27. The zero-order valence-electron chi connectivity index (χ0n) is 17.3. The van der Waals surface area contributed by atoms with Gasteiger partial charge in [-0.05, 0) is 44.4 Å². The van der Waals surface area contributed by atoms with E-state index in [9.17, 15) is 23.8 Å². The summed E-state index contributed by atoms with van der Waals surface area (Å²) in [6.07, 6.45) is 0.225. The quantitative estimate of drug-likeness (QED) is 0.679. The zero-order valence-corrected chi connectivity index (χ0v) is 17.3. The number of hydrogen-bond donors (Lipinski definition) is 3. The molecule has 2 aromatic rings. The number of amides is 1. The third-order valence-electron chi connectivity index (χ3n) is 5.89. The minimum atomic E-state index is -1.35. The van der Waals surface area contributed by atoms with Gasteiger partial charge in [0.1, 0.15) is 6.10 Å². The van der Waals surface area contributed by atoms with Crippen molar-refractivity contribution in [2.24, 2.45) is 5.92 Å². The van der Waals surface area contributed by atoms with Gasteiger partial charge in [0, 0.05) is 11.5 Å². The smallest absolute Gasteiger partial charge is 0.254 e. The topological polar surface area (TPSA) is 91.7 Å². The van der Waals surface area contributed by atoms with Crippen LogP contribution in [0.25, 0.3) is 0 Å². The van der Waals surface area contributed by atoms with Crippen molar-refractivity contribution < 1.29 is 28.5 Å². The van der Waals surface area contributed by atoms with Crippen LogP contribution in [0.5, 0.6) is 5.75 Å². The van der Waals surface area contributed by atoms with E-state index in [1.165, 1.54) is 12.3 Å². The molecule has 1 fully saturated rings. The molecule has 1 amide bonds. The SMILES string of the molecule is CC[C@H](O)c1ccc(NC(=O)[C@@H]2OC(C)(C)[C@@H](C)[C@H]2c2ccc(F)c(F)c2O)cn1. The van der Waals surface area contributed by atoms with Crippen LogP contribution in [0.2, 0.25) is 0 Å². The largest absolute Gasteiger partial charge is 0.505 e. The molecule has 1 aliphatic heterocycles. The summed E-state index contributed by atoms with van der Waals surface area (Å²) < 4.78 is 33.4. The lowest BCUT2D eigenvalue weighted by atomic mass is 9.78. The first-order valence-corrected chi connectivity index (χ1v) is 9.86. The Kier molecular flexibility index (Phi) is 6.10. The van der Waals surface area contributed by atoms with Gasteiger partial charge in [-0.15, -0.1) is 0 Å². The van der Waals surface area contributed by atoms with Crippen LogP contribution >= 0.6 is 0 Å². The molecule has 3 N–H and O–H groups in total. The molecule has 0 aliphatic carbocycles. The Bertz CT molecular complexity index is 933. The third-order valence-corrected chi connectivity index (χ3v) is 5.89. The predicted octanol–water partition coefficient (Wildman–Crippen LogP) is 4.04. The zero-order chi connectivity index (χ0) is 22.2. The van der Waals surface area contributed by atoms with Gasteiger partial charge in [-0.25, -0.2) is 4.39 Å². The van der Waals surface area contributed by atoms with Crippen molar-refractivity contribution in [3.8, 4) is 5.75 Å². The number of hydrogen-bond acceptors (Lipinski definition) is 5. The Morgan fingerprint density at radius 1 is 1.30 bits per heavy atom. The number of rotatable bonds is 5. The molecule has 0 spiro atoms. The molecule has 30 heavy (non-hydrogen) atoms. The number of phenols is 1. The van der Waals surface area contributed by atoms with Gasteiger partial charge < -0.3 is 20.3 Å². The van der Waals surface area contributed by atoms with Crippen molar-refractivity contribution in [2.75, 3.05) is 5.32 Å². The van der Waals surface area contributed by atoms with Crippen molar-refractivity contribution in [1.29, 1.82) is 0 Å². The maximum atomic E-state index is 14.0. The van der Waals surface area contributed by atoms with Crippen molar-refractivity contribution >= 4 is 11.6 Å². The molecule has 0 radical (unpaired) electrons. The highest BCUT2D eigenvalue weighted by atomic mass is 19.2. The number of nitrogens with zero attached hydrogens (tertiary/aromatic N) is 1. The van der Waals surface area contributed by atoms with Crippen molar-refractivity contribution in [2.45, 2.75) is 57.8 Å². The molecule has 0 saturated carbocycles. The number of aliphatic hydroxyl groups is 1. The molecule has 0 bridgehead atoms. The van der Waals surface area contributed by atoms with Gasteiger partial charge >= 0.3 is 0 Å². The first-order valence-electron chi connectivity index (χ1n) is 9.86. The summed E-state index contributed by atoms with van der Waals surface area (Å²) in [5, 5.41) is 22.7. The van der Waals surface area contributed by atoms with Crippen LogP contribution in [0, 0.1) is 17.6 Å². The number of aliphatic hydroxyl groups excluding tert-OH is 1. The van der Waals surface area contributed by atoms with Crippen molar-refractivity contribution in [3.05, 3.63) is 53.4 Å². The molecular formula is C22H26F2N2O4. The maximum Gasteiger partial charge on any atom is 0.254 e. The Hall–Kier alpha value is -2.58. The van der Waals surface area contributed by atoms with Gasteiger partial charge in [-0.1, -0.05) is 19.9 Å². The van der Waals surface area contributed by atoms with E-state index in [2.05, 4.69) is 10.3 Å². The minimum Gasteiger partial charge on any atom is -0.505 e. The highest BCUT2D eigenvalue weighted by molar-refractivity contribution is 5.95. The fourth-order valence-electron chi connectivity index (χ4n) is 3.77. The lowest BCUT2D eigenvalue weighted by molar-refractivity contribution is -0.131. The number of carbonyl (C=O) groups is 1. The molecule has 6 nitrogen and oxygen atoms in total. The number of aromatic nitrogens is 1. The van der Waals surface area contributed by atoms with Crippen LogP contribution in [0.15, 0.2) is 30.5 Å². The van der Waals surface area contributed by atoms with Crippen LogP contribution in [0.4, 0.5) is 14.5 Å². The Balaban J connectivity index is 1.89. The van der Waals surface area contributed by atoms with Crippen LogP contribution in [-0.4, -0.2) is 32.8 Å². The molecule has 0 unspecified atom stereocenters. The van der Waals surface area contributed by atoms with Crippen LogP contribution in [0.1, 0.15) is 57.4 Å². The first-order chi connectivity index (χ1) is 14.1. The van der Waals surface area contributed by atoms with Crippen LogP contribution < -0.4 is 5.32 Å². The first kappa shape index (κ1) is 22.1.